The molecule has 0 aromatic heterocycles. The predicted octanol–water partition coefficient (Wildman–Crippen LogP) is 2.53. The number of carbonyl (C=O) groups is 1. The lowest BCUT2D eigenvalue weighted by atomic mass is 9.94. The fraction of sp³-hybridized carbons (Fsp3) is 0.316. The Morgan fingerprint density at radius 2 is 1.65 bits per heavy atom. The van der Waals surface area contributed by atoms with Gasteiger partial charge in [0.2, 0.25) is 11.5 Å². The molecule has 2 aliphatic heterocycles. The number of hydrogen-bond donors (Lipinski definition) is 0. The fourth-order valence-corrected chi connectivity index (χ4v) is 3.42. The highest BCUT2D eigenvalue weighted by atomic mass is 16.5. The molecule has 1 atom stereocenters. The first-order valence-corrected chi connectivity index (χ1v) is 7.99. The molecule has 118 valence electrons. The zero-order valence-electron chi connectivity index (χ0n) is 12.9. The van der Waals surface area contributed by atoms with Crippen LogP contribution in [0, 0.1) is 0 Å². The van der Waals surface area contributed by atoms with Gasteiger partial charge in [-0.15, -0.1) is 0 Å². The van der Waals surface area contributed by atoms with Crippen molar-refractivity contribution >= 4 is 5.78 Å². The second-order valence-electron chi connectivity index (χ2n) is 5.97. The molecule has 2 heterocycles. The van der Waals surface area contributed by atoms with Crippen LogP contribution in [0.1, 0.15) is 15.9 Å². The van der Waals surface area contributed by atoms with E-state index in [-0.39, 0.29) is 5.78 Å². The Balaban J connectivity index is 1.75. The zero-order valence-corrected chi connectivity index (χ0v) is 12.9. The number of para-hydroxylation sites is 1. The van der Waals surface area contributed by atoms with Crippen molar-refractivity contribution in [1.29, 1.82) is 0 Å². The van der Waals surface area contributed by atoms with Crippen LogP contribution in [-0.4, -0.2) is 42.7 Å². The van der Waals surface area contributed by atoms with Crippen LogP contribution >= 0.6 is 0 Å². The van der Waals surface area contributed by atoms with Crippen molar-refractivity contribution in [3.63, 3.8) is 0 Å². The molecular formula is C19H19NO3. The van der Waals surface area contributed by atoms with Crippen LogP contribution in [0.5, 0.6) is 5.75 Å². The molecule has 0 radical (unpaired) electrons. The van der Waals surface area contributed by atoms with Crippen molar-refractivity contribution in [3.8, 4) is 5.75 Å². The number of fused-ring (bicyclic) bond motifs is 1. The molecular weight excluding hydrogens is 290 g/mol. The summed E-state index contributed by atoms with van der Waals surface area (Å²) in [4.78, 5) is 15.3. The average Bonchev–Trinajstić information content (AvgIpc) is 2.90. The lowest BCUT2D eigenvalue weighted by Gasteiger charge is -2.40. The Hall–Kier alpha value is -2.17. The summed E-state index contributed by atoms with van der Waals surface area (Å²) in [6.45, 7) is 2.66. The Labute approximate surface area is 135 Å². The van der Waals surface area contributed by atoms with Gasteiger partial charge in [0, 0.05) is 19.5 Å². The lowest BCUT2D eigenvalue weighted by molar-refractivity contribution is -0.0891. The molecule has 2 aliphatic rings. The minimum atomic E-state index is -0.950. The maximum atomic E-state index is 13.2. The number of ether oxygens (including phenoxy) is 2. The first-order chi connectivity index (χ1) is 11.3. The van der Waals surface area contributed by atoms with E-state index in [1.165, 1.54) is 0 Å². The van der Waals surface area contributed by atoms with Crippen molar-refractivity contribution in [2.45, 2.75) is 12.1 Å². The third kappa shape index (κ3) is 2.44. The van der Waals surface area contributed by atoms with E-state index in [1.54, 1.807) is 0 Å². The smallest absolute Gasteiger partial charge is 0.231 e. The van der Waals surface area contributed by atoms with Gasteiger partial charge in [0.05, 0.1) is 18.8 Å². The van der Waals surface area contributed by atoms with Gasteiger partial charge in [0.25, 0.3) is 0 Å². The van der Waals surface area contributed by atoms with Crippen LogP contribution in [0.3, 0.4) is 0 Å². The van der Waals surface area contributed by atoms with Crippen LogP contribution in [0.15, 0.2) is 54.6 Å². The molecule has 1 saturated heterocycles. The minimum absolute atomic E-state index is 0.0545. The van der Waals surface area contributed by atoms with Gasteiger partial charge < -0.3 is 9.47 Å². The molecule has 4 heteroatoms. The number of carbonyl (C=O) groups excluding carboxylic acids is 1. The van der Waals surface area contributed by atoms with Gasteiger partial charge in [0.1, 0.15) is 5.75 Å². The topological polar surface area (TPSA) is 38.8 Å². The number of nitrogens with zero attached hydrogens (tertiary/aromatic N) is 1. The van der Waals surface area contributed by atoms with E-state index in [0.717, 1.165) is 5.56 Å². The number of ketones is 1. The van der Waals surface area contributed by atoms with Gasteiger partial charge in [-0.1, -0.05) is 42.5 Å². The quantitative estimate of drug-likeness (QED) is 0.873. The summed E-state index contributed by atoms with van der Waals surface area (Å²) in [6, 6.07) is 17.6. The van der Waals surface area contributed by atoms with E-state index < -0.39 is 5.72 Å². The highest BCUT2D eigenvalue weighted by Crippen LogP contribution is 2.39. The monoisotopic (exact) mass is 309 g/mol. The number of rotatable bonds is 3. The molecule has 4 nitrogen and oxygen atoms in total. The SMILES string of the molecule is O=C1c2ccccc2OC1(Cc1ccccc1)N1CCOCC1. The average molecular weight is 309 g/mol. The lowest BCUT2D eigenvalue weighted by Crippen LogP contribution is -2.60. The normalized spacial score (nSPS) is 24.3. The summed E-state index contributed by atoms with van der Waals surface area (Å²) in [7, 11) is 0. The summed E-state index contributed by atoms with van der Waals surface area (Å²) >= 11 is 0. The van der Waals surface area contributed by atoms with E-state index in [4.69, 9.17) is 9.47 Å². The van der Waals surface area contributed by atoms with Gasteiger partial charge in [-0.05, 0) is 17.7 Å². The molecule has 0 N–H and O–H groups in total. The van der Waals surface area contributed by atoms with Crippen molar-refractivity contribution in [2.24, 2.45) is 0 Å². The Morgan fingerprint density at radius 1 is 0.957 bits per heavy atom. The van der Waals surface area contributed by atoms with Crippen molar-refractivity contribution in [2.75, 3.05) is 26.3 Å². The second-order valence-corrected chi connectivity index (χ2v) is 5.97. The van der Waals surface area contributed by atoms with E-state index >= 15 is 0 Å². The molecule has 4 rings (SSSR count). The van der Waals surface area contributed by atoms with Gasteiger partial charge in [-0.25, -0.2) is 0 Å². The third-order valence-electron chi connectivity index (χ3n) is 4.57. The molecule has 2 aromatic rings. The molecule has 0 amide bonds. The van der Waals surface area contributed by atoms with E-state index in [1.807, 2.05) is 54.6 Å². The summed E-state index contributed by atoms with van der Waals surface area (Å²) in [5, 5.41) is 0. The largest absolute Gasteiger partial charge is 0.464 e. The van der Waals surface area contributed by atoms with Gasteiger partial charge >= 0.3 is 0 Å². The fourth-order valence-electron chi connectivity index (χ4n) is 3.42. The molecule has 0 spiro atoms. The number of benzene rings is 2. The third-order valence-corrected chi connectivity index (χ3v) is 4.57. The number of morpholine rings is 1. The highest BCUT2D eigenvalue weighted by Gasteiger charge is 2.52. The molecule has 1 fully saturated rings. The Kier molecular flexibility index (Phi) is 3.63. The molecule has 23 heavy (non-hydrogen) atoms. The van der Waals surface area contributed by atoms with Gasteiger partial charge in [-0.2, -0.15) is 0 Å². The summed E-state index contributed by atoms with van der Waals surface area (Å²) in [6.07, 6.45) is 0.543. The molecule has 2 aromatic carbocycles. The van der Waals surface area contributed by atoms with Crippen molar-refractivity contribution < 1.29 is 14.3 Å². The number of Topliss-reactive ketones (excluding diaryl/α,β-unsaturated/α-hetero) is 1. The predicted molar refractivity (Wildman–Crippen MR) is 86.7 cm³/mol. The molecule has 0 bridgehead atoms. The summed E-state index contributed by atoms with van der Waals surface area (Å²) in [5.41, 5.74) is 0.824. The van der Waals surface area contributed by atoms with E-state index in [9.17, 15) is 4.79 Å². The number of hydrogen-bond acceptors (Lipinski definition) is 4. The first-order valence-electron chi connectivity index (χ1n) is 7.99. The van der Waals surface area contributed by atoms with Crippen molar-refractivity contribution in [1.82, 2.24) is 4.90 Å². The molecule has 0 aliphatic carbocycles. The van der Waals surface area contributed by atoms with Crippen LogP contribution in [-0.2, 0) is 11.2 Å². The van der Waals surface area contributed by atoms with Crippen LogP contribution in [0.25, 0.3) is 0 Å². The van der Waals surface area contributed by atoms with E-state index in [2.05, 4.69) is 4.90 Å². The van der Waals surface area contributed by atoms with E-state index in [0.29, 0.717) is 44.0 Å². The standard InChI is InChI=1S/C19H19NO3/c21-18-16-8-4-5-9-17(16)23-19(18,20-10-12-22-13-11-20)14-15-6-2-1-3-7-15/h1-9H,10-14H2. The second kappa shape index (κ2) is 5.80. The highest BCUT2D eigenvalue weighted by molar-refractivity contribution is 6.07. The summed E-state index contributed by atoms with van der Waals surface area (Å²) < 4.78 is 11.7. The minimum Gasteiger partial charge on any atom is -0.464 e. The Bertz CT molecular complexity index is 710. The van der Waals surface area contributed by atoms with Crippen LogP contribution in [0.2, 0.25) is 0 Å². The van der Waals surface area contributed by atoms with Crippen LogP contribution < -0.4 is 4.74 Å². The van der Waals surface area contributed by atoms with Crippen LogP contribution in [0.4, 0.5) is 0 Å². The zero-order chi connectivity index (χ0) is 15.7. The first kappa shape index (κ1) is 14.4. The van der Waals surface area contributed by atoms with Gasteiger partial charge in [0.15, 0.2) is 0 Å². The molecule has 0 saturated carbocycles. The Morgan fingerprint density at radius 3 is 2.39 bits per heavy atom. The van der Waals surface area contributed by atoms with Crippen molar-refractivity contribution in [3.05, 3.63) is 65.7 Å². The maximum absolute atomic E-state index is 13.2. The maximum Gasteiger partial charge on any atom is 0.231 e. The summed E-state index contributed by atoms with van der Waals surface area (Å²) in [5.74, 6) is 0.735. The van der Waals surface area contributed by atoms with Gasteiger partial charge in [-0.3, -0.25) is 9.69 Å². The molecule has 1 unspecified atom stereocenters.